The van der Waals surface area contributed by atoms with Crippen LogP contribution in [-0.4, -0.2) is 22.9 Å². The molecule has 0 amide bonds. The third-order valence-electron chi connectivity index (χ3n) is 2.50. The second-order valence-electron chi connectivity index (χ2n) is 3.78. The fraction of sp³-hybridized carbons (Fsp3) is 0.167. The van der Waals surface area contributed by atoms with Gasteiger partial charge in [0.15, 0.2) is 6.20 Å². The van der Waals surface area contributed by atoms with Crippen molar-refractivity contribution < 1.29 is 14.6 Å². The highest BCUT2D eigenvalue weighted by Crippen LogP contribution is 2.25. The van der Waals surface area contributed by atoms with E-state index in [-0.39, 0.29) is 5.75 Å². The number of carbonyl (C=O) groups is 1. The second kappa shape index (κ2) is 5.24. The number of carboxylic acids is 1. The molecule has 2 aromatic rings. The summed E-state index contributed by atoms with van der Waals surface area (Å²) in [6, 6.07) is 7.95. The molecule has 2 rings (SSSR count). The van der Waals surface area contributed by atoms with Crippen molar-refractivity contribution in [2.75, 3.05) is 5.75 Å². The van der Waals surface area contributed by atoms with Crippen LogP contribution in [0.3, 0.4) is 0 Å². The van der Waals surface area contributed by atoms with E-state index in [4.69, 9.17) is 10.8 Å². The topological polar surface area (TPSA) is 90.3 Å². The molecule has 1 aromatic carbocycles. The summed E-state index contributed by atoms with van der Waals surface area (Å²) < 4.78 is 0.788. The summed E-state index contributed by atoms with van der Waals surface area (Å²) in [5, 5.41) is 21.1. The Balaban J connectivity index is 2.29. The van der Waals surface area contributed by atoms with Crippen LogP contribution in [0.4, 0.5) is 0 Å². The predicted molar refractivity (Wildman–Crippen MR) is 69.2 cm³/mol. The van der Waals surface area contributed by atoms with Crippen molar-refractivity contribution in [2.45, 2.75) is 10.9 Å². The molecule has 0 unspecified atom stereocenters. The number of nitrogens with two attached hydrogens (primary N) is 1. The quantitative estimate of drug-likeness (QED) is 0.488. The summed E-state index contributed by atoms with van der Waals surface area (Å²) >= 11 is 1.34. The molecule has 1 aromatic heterocycles. The SMILES string of the molecule is N[C@@H](CSc1cc[n+]([O-])c2ccccc12)C(=O)O. The van der Waals surface area contributed by atoms with Gasteiger partial charge in [-0.3, -0.25) is 4.79 Å². The van der Waals surface area contributed by atoms with Crippen molar-refractivity contribution in [1.82, 2.24) is 0 Å². The molecule has 0 bridgehead atoms. The molecule has 0 aliphatic heterocycles. The van der Waals surface area contributed by atoms with E-state index in [1.165, 1.54) is 18.0 Å². The first-order chi connectivity index (χ1) is 8.59. The number of fused-ring (bicyclic) bond motifs is 1. The zero-order chi connectivity index (χ0) is 13.1. The highest BCUT2D eigenvalue weighted by atomic mass is 32.2. The average molecular weight is 264 g/mol. The van der Waals surface area contributed by atoms with Gasteiger partial charge in [0.1, 0.15) is 6.04 Å². The summed E-state index contributed by atoms with van der Waals surface area (Å²) in [7, 11) is 0. The number of hydrogen-bond acceptors (Lipinski definition) is 4. The standard InChI is InChI=1S/C12H12N2O3S/c13-9(12(15)16)7-18-11-5-6-14(17)10-4-2-1-3-8(10)11/h1-6,9H,7,13H2,(H,15,16)/t9-/m0/s1. The predicted octanol–water partition coefficient (Wildman–Crippen LogP) is 0.977. The van der Waals surface area contributed by atoms with E-state index in [0.717, 1.165) is 15.0 Å². The van der Waals surface area contributed by atoms with Crippen molar-refractivity contribution >= 4 is 28.6 Å². The molecule has 1 heterocycles. The lowest BCUT2D eigenvalue weighted by Gasteiger charge is -2.08. The molecule has 3 N–H and O–H groups in total. The molecule has 6 heteroatoms. The van der Waals surface area contributed by atoms with Crippen LogP contribution in [0.1, 0.15) is 0 Å². The minimum atomic E-state index is -1.03. The van der Waals surface area contributed by atoms with Crippen molar-refractivity contribution in [3.8, 4) is 0 Å². The van der Waals surface area contributed by atoms with Gasteiger partial charge in [-0.25, -0.2) is 0 Å². The van der Waals surface area contributed by atoms with E-state index in [2.05, 4.69) is 0 Å². The van der Waals surface area contributed by atoms with E-state index in [9.17, 15) is 10.0 Å². The highest BCUT2D eigenvalue weighted by Gasteiger charge is 2.14. The summed E-state index contributed by atoms with van der Waals surface area (Å²) in [4.78, 5) is 11.5. The number of aliphatic carboxylic acids is 1. The fourth-order valence-corrected chi connectivity index (χ4v) is 2.54. The molecular weight excluding hydrogens is 252 g/mol. The van der Waals surface area contributed by atoms with Gasteiger partial charge in [-0.1, -0.05) is 12.1 Å². The highest BCUT2D eigenvalue weighted by molar-refractivity contribution is 7.99. The molecule has 94 valence electrons. The molecule has 0 aliphatic carbocycles. The zero-order valence-electron chi connectivity index (χ0n) is 9.45. The number of nitrogens with zero attached hydrogens (tertiary/aromatic N) is 1. The zero-order valence-corrected chi connectivity index (χ0v) is 10.3. The van der Waals surface area contributed by atoms with Crippen LogP contribution in [0.25, 0.3) is 10.9 Å². The van der Waals surface area contributed by atoms with Gasteiger partial charge in [-0.15, -0.1) is 11.8 Å². The van der Waals surface area contributed by atoms with Gasteiger partial charge < -0.3 is 16.0 Å². The molecule has 0 saturated heterocycles. The lowest BCUT2D eigenvalue weighted by atomic mass is 10.2. The minimum absolute atomic E-state index is 0.266. The van der Waals surface area contributed by atoms with Crippen LogP contribution in [-0.2, 0) is 4.79 Å². The second-order valence-corrected chi connectivity index (χ2v) is 4.84. The van der Waals surface area contributed by atoms with Crippen molar-refractivity contribution in [2.24, 2.45) is 5.73 Å². The van der Waals surface area contributed by atoms with Gasteiger partial charge >= 0.3 is 5.97 Å². The summed E-state index contributed by atoms with van der Waals surface area (Å²) in [5.74, 6) is -0.760. The van der Waals surface area contributed by atoms with Gasteiger partial charge in [-0.05, 0) is 6.07 Å². The Bertz CT molecular complexity index is 589. The first kappa shape index (κ1) is 12.7. The first-order valence-corrected chi connectivity index (χ1v) is 6.30. The molecule has 5 nitrogen and oxygen atoms in total. The number of pyridine rings is 1. The number of hydrogen-bond donors (Lipinski definition) is 2. The number of rotatable bonds is 4. The van der Waals surface area contributed by atoms with Crippen LogP contribution in [0.2, 0.25) is 0 Å². The lowest BCUT2D eigenvalue weighted by Crippen LogP contribution is -2.32. The van der Waals surface area contributed by atoms with Crippen molar-refractivity contribution in [3.05, 3.63) is 41.7 Å². The Morgan fingerprint density at radius 3 is 2.89 bits per heavy atom. The average Bonchev–Trinajstić information content (AvgIpc) is 2.38. The maximum atomic E-state index is 11.6. The first-order valence-electron chi connectivity index (χ1n) is 5.31. The normalized spacial score (nSPS) is 12.5. The third-order valence-corrected chi connectivity index (χ3v) is 3.70. The molecule has 18 heavy (non-hydrogen) atoms. The number of carboxylic acid groups (broad SMARTS) is 1. The van der Waals surface area contributed by atoms with Gasteiger partial charge in [-0.2, -0.15) is 4.73 Å². The molecule has 0 fully saturated rings. The van der Waals surface area contributed by atoms with Crippen LogP contribution in [0.15, 0.2) is 41.4 Å². The van der Waals surface area contributed by atoms with Crippen molar-refractivity contribution in [1.29, 1.82) is 0 Å². The van der Waals surface area contributed by atoms with Gasteiger partial charge in [0.2, 0.25) is 5.52 Å². The summed E-state index contributed by atoms with van der Waals surface area (Å²) in [6.07, 6.45) is 1.41. The molecule has 0 aliphatic rings. The number of para-hydroxylation sites is 1. The smallest absolute Gasteiger partial charge is 0.321 e. The van der Waals surface area contributed by atoms with Gasteiger partial charge in [0.25, 0.3) is 0 Å². The van der Waals surface area contributed by atoms with Gasteiger partial charge in [0.05, 0.1) is 5.39 Å². The molecular formula is C12H12N2O3S. The minimum Gasteiger partial charge on any atom is -0.618 e. The Labute approximate surface area is 108 Å². The third kappa shape index (κ3) is 2.55. The number of aromatic nitrogens is 1. The largest absolute Gasteiger partial charge is 0.618 e. The van der Waals surface area contributed by atoms with Gasteiger partial charge in [0, 0.05) is 22.8 Å². The van der Waals surface area contributed by atoms with Crippen LogP contribution < -0.4 is 10.5 Å². The van der Waals surface area contributed by atoms with Crippen molar-refractivity contribution in [3.63, 3.8) is 0 Å². The van der Waals surface area contributed by atoms with E-state index in [1.807, 2.05) is 12.1 Å². The maximum absolute atomic E-state index is 11.6. The summed E-state index contributed by atoms with van der Waals surface area (Å²) in [6.45, 7) is 0. The van der Waals surface area contributed by atoms with Crippen LogP contribution >= 0.6 is 11.8 Å². The number of thioether (sulfide) groups is 1. The van der Waals surface area contributed by atoms with E-state index in [0.29, 0.717) is 5.52 Å². The van der Waals surface area contributed by atoms with E-state index < -0.39 is 12.0 Å². The Hall–Kier alpha value is -1.79. The fourth-order valence-electron chi connectivity index (χ4n) is 1.56. The molecule has 0 spiro atoms. The van der Waals surface area contributed by atoms with Crippen LogP contribution in [0.5, 0.6) is 0 Å². The van der Waals surface area contributed by atoms with Crippen LogP contribution in [0, 0.1) is 5.21 Å². The number of benzene rings is 1. The van der Waals surface area contributed by atoms with E-state index in [1.54, 1.807) is 18.2 Å². The lowest BCUT2D eigenvalue weighted by molar-refractivity contribution is -0.577. The molecule has 1 atom stereocenters. The Kier molecular flexibility index (Phi) is 3.69. The van der Waals surface area contributed by atoms with E-state index >= 15 is 0 Å². The summed E-state index contributed by atoms with van der Waals surface area (Å²) in [5.41, 5.74) is 6.01. The molecule has 0 radical (unpaired) electrons. The monoisotopic (exact) mass is 264 g/mol. The molecule has 0 saturated carbocycles. The maximum Gasteiger partial charge on any atom is 0.321 e. The Morgan fingerprint density at radius 1 is 1.44 bits per heavy atom. The Morgan fingerprint density at radius 2 is 2.17 bits per heavy atom.